The van der Waals surface area contributed by atoms with E-state index in [0.717, 1.165) is 37.2 Å². The van der Waals surface area contributed by atoms with E-state index in [1.165, 1.54) is 11.1 Å². The minimum atomic E-state index is 0.692. The van der Waals surface area contributed by atoms with Gasteiger partial charge in [0.25, 0.3) is 0 Å². The average molecular weight is 227 g/mol. The summed E-state index contributed by atoms with van der Waals surface area (Å²) in [5.41, 5.74) is 4.22. The van der Waals surface area contributed by atoms with Crippen molar-refractivity contribution in [3.05, 3.63) is 52.8 Å². The first-order chi connectivity index (χ1) is 8.35. The molecule has 0 amide bonds. The molecule has 2 aromatic rings. The fourth-order valence-electron chi connectivity index (χ4n) is 2.17. The summed E-state index contributed by atoms with van der Waals surface area (Å²) < 4.78 is 5.54. The van der Waals surface area contributed by atoms with Crippen molar-refractivity contribution in [1.29, 1.82) is 0 Å². The topological polar surface area (TPSA) is 42.1 Å². The van der Waals surface area contributed by atoms with E-state index in [9.17, 15) is 4.79 Å². The quantitative estimate of drug-likeness (QED) is 0.818. The van der Waals surface area contributed by atoms with E-state index in [2.05, 4.69) is 23.2 Å². The molecule has 0 unspecified atom stereocenters. The zero-order chi connectivity index (χ0) is 11.7. The lowest BCUT2D eigenvalue weighted by molar-refractivity contribution is 0.112. The van der Waals surface area contributed by atoms with E-state index in [4.69, 9.17) is 4.74 Å². The lowest BCUT2D eigenvalue weighted by atomic mass is 10.1. The van der Waals surface area contributed by atoms with Crippen LogP contribution in [0.5, 0.6) is 5.75 Å². The minimum Gasteiger partial charge on any atom is -0.493 e. The number of carbonyl (C=O) groups excluding carboxylic acids is 1. The van der Waals surface area contributed by atoms with Crippen molar-refractivity contribution in [2.45, 2.75) is 12.8 Å². The van der Waals surface area contributed by atoms with E-state index < -0.39 is 0 Å². The second-order valence-corrected chi connectivity index (χ2v) is 4.29. The van der Waals surface area contributed by atoms with Gasteiger partial charge < -0.3 is 9.72 Å². The number of aldehydes is 1. The van der Waals surface area contributed by atoms with E-state index in [-0.39, 0.29) is 0 Å². The summed E-state index contributed by atoms with van der Waals surface area (Å²) in [7, 11) is 0. The van der Waals surface area contributed by atoms with Crippen LogP contribution in [0.15, 0.2) is 30.5 Å². The molecule has 0 saturated carbocycles. The monoisotopic (exact) mass is 227 g/mol. The first kappa shape index (κ1) is 10.1. The Balaban J connectivity index is 1.83. The van der Waals surface area contributed by atoms with Crippen LogP contribution < -0.4 is 4.74 Å². The molecule has 2 heterocycles. The molecule has 0 bridgehead atoms. The Morgan fingerprint density at radius 3 is 3.12 bits per heavy atom. The minimum absolute atomic E-state index is 0.692. The summed E-state index contributed by atoms with van der Waals surface area (Å²) in [6, 6.07) is 8.21. The second kappa shape index (κ2) is 4.09. The van der Waals surface area contributed by atoms with Crippen LogP contribution in [-0.4, -0.2) is 17.9 Å². The summed E-state index contributed by atoms with van der Waals surface area (Å²) >= 11 is 0. The van der Waals surface area contributed by atoms with Crippen molar-refractivity contribution in [3.63, 3.8) is 0 Å². The molecule has 0 spiro atoms. The van der Waals surface area contributed by atoms with Crippen molar-refractivity contribution in [2.24, 2.45) is 0 Å². The molecule has 1 N–H and O–H groups in total. The average Bonchev–Trinajstić information content (AvgIpc) is 2.96. The van der Waals surface area contributed by atoms with Crippen LogP contribution in [-0.2, 0) is 12.8 Å². The number of H-pyrrole nitrogens is 1. The molecule has 0 fully saturated rings. The van der Waals surface area contributed by atoms with Gasteiger partial charge in [0, 0.05) is 30.3 Å². The third-order valence-electron chi connectivity index (χ3n) is 3.06. The molecular formula is C14H13NO2. The third-order valence-corrected chi connectivity index (χ3v) is 3.06. The molecule has 1 aromatic heterocycles. The highest BCUT2D eigenvalue weighted by Crippen LogP contribution is 2.26. The number of carbonyl (C=O) groups is 1. The maximum atomic E-state index is 10.6. The maximum Gasteiger partial charge on any atom is 0.151 e. The van der Waals surface area contributed by atoms with Crippen LogP contribution in [0.2, 0.25) is 0 Å². The van der Waals surface area contributed by atoms with Gasteiger partial charge in [0.05, 0.1) is 6.61 Å². The zero-order valence-electron chi connectivity index (χ0n) is 9.40. The smallest absolute Gasteiger partial charge is 0.151 e. The van der Waals surface area contributed by atoms with Crippen molar-refractivity contribution >= 4 is 6.29 Å². The van der Waals surface area contributed by atoms with Gasteiger partial charge >= 0.3 is 0 Å². The predicted molar refractivity (Wildman–Crippen MR) is 64.6 cm³/mol. The van der Waals surface area contributed by atoms with Crippen LogP contribution in [0.3, 0.4) is 0 Å². The molecule has 0 radical (unpaired) electrons. The summed E-state index contributed by atoms with van der Waals surface area (Å²) in [6.07, 6.45) is 4.38. The summed E-state index contributed by atoms with van der Waals surface area (Å²) in [4.78, 5) is 13.7. The van der Waals surface area contributed by atoms with Crippen LogP contribution in [0.4, 0.5) is 0 Å². The molecular weight excluding hydrogens is 214 g/mol. The van der Waals surface area contributed by atoms with Crippen LogP contribution in [0, 0.1) is 0 Å². The lowest BCUT2D eigenvalue weighted by Gasteiger charge is -2.03. The molecule has 86 valence electrons. The van der Waals surface area contributed by atoms with E-state index >= 15 is 0 Å². The van der Waals surface area contributed by atoms with Crippen LogP contribution in [0.1, 0.15) is 27.2 Å². The predicted octanol–water partition coefficient (Wildman–Crippen LogP) is 2.35. The number of benzene rings is 1. The molecule has 0 atom stereocenters. The van der Waals surface area contributed by atoms with Gasteiger partial charge in [-0.2, -0.15) is 0 Å². The molecule has 3 rings (SSSR count). The number of fused-ring (bicyclic) bond motifs is 1. The summed E-state index contributed by atoms with van der Waals surface area (Å²) in [5.74, 6) is 1.00. The van der Waals surface area contributed by atoms with Gasteiger partial charge in [-0.3, -0.25) is 4.79 Å². The Hall–Kier alpha value is -2.03. The number of ether oxygens (including phenoxy) is 1. The van der Waals surface area contributed by atoms with Crippen LogP contribution in [0.25, 0.3) is 0 Å². The van der Waals surface area contributed by atoms with Crippen molar-refractivity contribution in [2.75, 3.05) is 6.61 Å². The Bertz CT molecular complexity index is 557. The Morgan fingerprint density at radius 1 is 1.35 bits per heavy atom. The number of rotatable bonds is 3. The molecule has 1 aliphatic rings. The Labute approximate surface area is 99.4 Å². The first-order valence-corrected chi connectivity index (χ1v) is 5.72. The number of nitrogens with one attached hydrogen (secondary N) is 1. The van der Waals surface area contributed by atoms with Crippen molar-refractivity contribution in [3.8, 4) is 5.75 Å². The van der Waals surface area contributed by atoms with E-state index in [1.54, 1.807) is 6.20 Å². The number of hydrogen-bond donors (Lipinski definition) is 1. The summed E-state index contributed by atoms with van der Waals surface area (Å²) in [5, 5.41) is 0. The highest BCUT2D eigenvalue weighted by molar-refractivity contribution is 5.74. The normalized spacial score (nSPS) is 13.2. The summed E-state index contributed by atoms with van der Waals surface area (Å²) in [6.45, 7) is 0.788. The fourth-order valence-corrected chi connectivity index (χ4v) is 2.17. The highest BCUT2D eigenvalue weighted by atomic mass is 16.5. The highest BCUT2D eigenvalue weighted by Gasteiger charge is 2.12. The van der Waals surface area contributed by atoms with E-state index in [0.29, 0.717) is 5.56 Å². The van der Waals surface area contributed by atoms with Crippen molar-refractivity contribution in [1.82, 2.24) is 4.98 Å². The molecule has 1 aromatic carbocycles. The van der Waals surface area contributed by atoms with Gasteiger partial charge in [0.1, 0.15) is 5.75 Å². The van der Waals surface area contributed by atoms with Crippen molar-refractivity contribution < 1.29 is 9.53 Å². The lowest BCUT2D eigenvalue weighted by Crippen LogP contribution is -1.89. The van der Waals surface area contributed by atoms with Crippen LogP contribution >= 0.6 is 0 Å². The molecule has 1 aliphatic heterocycles. The third kappa shape index (κ3) is 1.96. The van der Waals surface area contributed by atoms with Gasteiger partial charge in [0.15, 0.2) is 6.29 Å². The first-order valence-electron chi connectivity index (χ1n) is 5.72. The van der Waals surface area contributed by atoms with Gasteiger partial charge in [-0.05, 0) is 23.3 Å². The van der Waals surface area contributed by atoms with Gasteiger partial charge in [0.2, 0.25) is 0 Å². The largest absolute Gasteiger partial charge is 0.493 e. The molecule has 0 aliphatic carbocycles. The molecule has 3 nitrogen and oxygen atoms in total. The SMILES string of the molecule is O=Cc1c[nH]c(Cc2ccc3c(c2)OCC3)c1. The number of aromatic amines is 1. The Morgan fingerprint density at radius 2 is 2.29 bits per heavy atom. The molecule has 0 saturated heterocycles. The van der Waals surface area contributed by atoms with Gasteiger partial charge in [-0.1, -0.05) is 12.1 Å². The second-order valence-electron chi connectivity index (χ2n) is 4.29. The molecule has 3 heteroatoms. The fraction of sp³-hybridized carbons (Fsp3) is 0.214. The standard InChI is InChI=1S/C14H13NO2/c16-9-11-6-13(15-8-11)5-10-1-2-12-3-4-17-14(12)7-10/h1-2,6-9,15H,3-5H2. The number of hydrogen-bond acceptors (Lipinski definition) is 2. The maximum absolute atomic E-state index is 10.6. The van der Waals surface area contributed by atoms with Gasteiger partial charge in [-0.25, -0.2) is 0 Å². The van der Waals surface area contributed by atoms with Gasteiger partial charge in [-0.15, -0.1) is 0 Å². The Kier molecular flexibility index (Phi) is 2.44. The van der Waals surface area contributed by atoms with E-state index in [1.807, 2.05) is 6.07 Å². The zero-order valence-corrected chi connectivity index (χ0v) is 9.40. The molecule has 17 heavy (non-hydrogen) atoms. The number of aromatic nitrogens is 1.